The first kappa shape index (κ1) is 37.8. The molecule has 0 atom stereocenters. The molecule has 0 saturated heterocycles. The maximum absolute atomic E-state index is 3.75. The van der Waals surface area contributed by atoms with Crippen LogP contribution in [0.1, 0.15) is 0 Å². The van der Waals surface area contributed by atoms with Crippen LogP contribution in [-0.2, 0) is 0 Å². The summed E-state index contributed by atoms with van der Waals surface area (Å²) < 4.78 is 2.50. The van der Waals surface area contributed by atoms with Crippen LogP contribution in [0, 0.1) is 0 Å². The quantitative estimate of drug-likeness (QED) is 0.169. The van der Waals surface area contributed by atoms with E-state index in [2.05, 4.69) is 259 Å². The zero-order valence-electron chi connectivity index (χ0n) is 36.1. The van der Waals surface area contributed by atoms with E-state index in [0.29, 0.717) is 0 Å². The number of rotatable bonds is 7. The van der Waals surface area contributed by atoms with Crippen molar-refractivity contribution in [3.05, 3.63) is 249 Å². The summed E-state index contributed by atoms with van der Waals surface area (Å²) in [4.78, 5) is 0. The fraction of sp³-hybridized carbons (Fsp3) is 0. The molecule has 1 aliphatic heterocycles. The van der Waals surface area contributed by atoms with Gasteiger partial charge in [-0.1, -0.05) is 194 Å². The Balaban J connectivity index is 0.840. The molecule has 2 heterocycles. The average molecular weight is 839 g/mol. The van der Waals surface area contributed by atoms with Gasteiger partial charge in [0.2, 0.25) is 0 Å². The van der Waals surface area contributed by atoms with Crippen LogP contribution in [0.15, 0.2) is 249 Å². The van der Waals surface area contributed by atoms with Gasteiger partial charge in [0.15, 0.2) is 0 Å². The molecular formula is C64H42N2. The van der Waals surface area contributed by atoms with Gasteiger partial charge >= 0.3 is 0 Å². The zero-order chi connectivity index (χ0) is 43.6. The highest BCUT2D eigenvalue weighted by atomic mass is 15.0. The van der Waals surface area contributed by atoms with Gasteiger partial charge in [0, 0.05) is 38.8 Å². The maximum atomic E-state index is 3.75. The Labute approximate surface area is 384 Å². The van der Waals surface area contributed by atoms with Crippen molar-refractivity contribution in [3.8, 4) is 83.6 Å². The van der Waals surface area contributed by atoms with Crippen LogP contribution < -0.4 is 5.32 Å². The molecule has 0 amide bonds. The van der Waals surface area contributed by atoms with Crippen LogP contribution in [0.4, 0.5) is 11.4 Å². The number of nitrogens with zero attached hydrogens (tertiary/aromatic N) is 1. The van der Waals surface area contributed by atoms with Crippen LogP contribution in [0.5, 0.6) is 0 Å². The second kappa shape index (κ2) is 15.5. The Morgan fingerprint density at radius 2 is 0.788 bits per heavy atom. The summed E-state index contributed by atoms with van der Waals surface area (Å²) in [5.74, 6) is 0. The first-order chi connectivity index (χ1) is 32.7. The molecule has 0 saturated carbocycles. The summed E-state index contributed by atoms with van der Waals surface area (Å²) in [5.41, 5.74) is 22.7. The van der Waals surface area contributed by atoms with Gasteiger partial charge in [-0.25, -0.2) is 0 Å². The second-order valence-corrected chi connectivity index (χ2v) is 17.4. The molecule has 0 radical (unpaired) electrons. The highest BCUT2D eigenvalue weighted by molar-refractivity contribution is 6.17. The molecule has 13 rings (SSSR count). The minimum Gasteiger partial charge on any atom is -0.355 e. The number of anilines is 2. The first-order valence-corrected chi connectivity index (χ1v) is 22.7. The number of hydrogen-bond donors (Lipinski definition) is 1. The number of benzene rings is 11. The summed E-state index contributed by atoms with van der Waals surface area (Å²) >= 11 is 0. The van der Waals surface area contributed by atoms with Crippen LogP contribution in [0.3, 0.4) is 0 Å². The Bertz CT molecular complexity index is 3810. The molecule has 308 valence electrons. The molecule has 0 aliphatic carbocycles. The van der Waals surface area contributed by atoms with Crippen molar-refractivity contribution in [3.63, 3.8) is 0 Å². The highest BCUT2D eigenvalue weighted by Gasteiger charge is 2.25. The maximum Gasteiger partial charge on any atom is 0.0619 e. The third-order valence-corrected chi connectivity index (χ3v) is 13.5. The van der Waals surface area contributed by atoms with E-state index >= 15 is 0 Å². The second-order valence-electron chi connectivity index (χ2n) is 17.4. The van der Waals surface area contributed by atoms with Crippen LogP contribution in [-0.4, -0.2) is 4.57 Å². The lowest BCUT2D eigenvalue weighted by molar-refractivity contribution is 1.19. The topological polar surface area (TPSA) is 17.0 Å². The minimum atomic E-state index is 1.05. The molecule has 1 N–H and O–H groups in total. The lowest BCUT2D eigenvalue weighted by Crippen LogP contribution is -1.96. The predicted octanol–water partition coefficient (Wildman–Crippen LogP) is 17.7. The summed E-state index contributed by atoms with van der Waals surface area (Å²) in [6, 6.07) is 90.8. The molecule has 11 aromatic carbocycles. The molecule has 1 aliphatic rings. The van der Waals surface area contributed by atoms with Gasteiger partial charge in [-0.3, -0.25) is 0 Å². The molecular weight excluding hydrogens is 797 g/mol. The van der Waals surface area contributed by atoms with Crippen molar-refractivity contribution >= 4 is 44.0 Å². The Hall–Kier alpha value is -8.72. The van der Waals surface area contributed by atoms with Gasteiger partial charge in [-0.15, -0.1) is 0 Å². The van der Waals surface area contributed by atoms with Gasteiger partial charge in [0.25, 0.3) is 0 Å². The molecule has 0 spiro atoms. The molecule has 1 aromatic heterocycles. The van der Waals surface area contributed by atoms with Crippen LogP contribution >= 0.6 is 0 Å². The van der Waals surface area contributed by atoms with Crippen molar-refractivity contribution in [2.75, 3.05) is 5.32 Å². The Kier molecular flexibility index (Phi) is 8.89. The zero-order valence-corrected chi connectivity index (χ0v) is 36.1. The fourth-order valence-corrected chi connectivity index (χ4v) is 10.2. The number of fused-ring (bicyclic) bond motifs is 9. The summed E-state index contributed by atoms with van der Waals surface area (Å²) in [7, 11) is 0. The van der Waals surface area contributed by atoms with Crippen molar-refractivity contribution in [2.45, 2.75) is 0 Å². The van der Waals surface area contributed by atoms with E-state index in [4.69, 9.17) is 0 Å². The summed E-state index contributed by atoms with van der Waals surface area (Å²) in [6.07, 6.45) is 0. The first-order valence-electron chi connectivity index (χ1n) is 22.7. The lowest BCUT2D eigenvalue weighted by Gasteiger charge is -2.16. The Morgan fingerprint density at radius 3 is 1.53 bits per heavy atom. The number of nitrogens with one attached hydrogen (secondary N) is 1. The Morgan fingerprint density at radius 1 is 0.273 bits per heavy atom. The van der Waals surface area contributed by atoms with E-state index in [1.54, 1.807) is 0 Å². The summed E-state index contributed by atoms with van der Waals surface area (Å²) in [5, 5.41) is 8.78. The third-order valence-electron chi connectivity index (χ3n) is 13.5. The average Bonchev–Trinajstić information content (AvgIpc) is 3.66. The standard InChI is InChI=1S/C64H42N2/c1-3-12-42(13-4-1)51-31-36-62-59(40-51)55-19-10-9-18-54(55)56-20-11-21-57-60-41-52(32-37-63(60)66(62)64(56)57)45-24-22-44(23-25-45)50-30-35-61(58(39-50)47-15-5-2-6-16-47)65-53-33-28-46(29-34-53)49-27-26-43-14-7-8-17-48(43)38-49/h1-41,65H. The largest absolute Gasteiger partial charge is 0.355 e. The monoisotopic (exact) mass is 838 g/mol. The fourth-order valence-electron chi connectivity index (χ4n) is 10.2. The van der Waals surface area contributed by atoms with E-state index in [-0.39, 0.29) is 0 Å². The number of para-hydroxylation sites is 1. The van der Waals surface area contributed by atoms with Crippen molar-refractivity contribution < 1.29 is 0 Å². The van der Waals surface area contributed by atoms with Crippen molar-refractivity contribution in [2.24, 2.45) is 0 Å². The third kappa shape index (κ3) is 6.42. The van der Waals surface area contributed by atoms with E-state index in [9.17, 15) is 0 Å². The van der Waals surface area contributed by atoms with Crippen molar-refractivity contribution in [1.82, 2.24) is 4.57 Å². The normalized spacial score (nSPS) is 11.6. The van der Waals surface area contributed by atoms with Crippen LogP contribution in [0.2, 0.25) is 0 Å². The predicted molar refractivity (Wildman–Crippen MR) is 280 cm³/mol. The molecule has 2 nitrogen and oxygen atoms in total. The molecule has 66 heavy (non-hydrogen) atoms. The van der Waals surface area contributed by atoms with E-state index < -0.39 is 0 Å². The van der Waals surface area contributed by atoms with Gasteiger partial charge in [-0.2, -0.15) is 0 Å². The van der Waals surface area contributed by atoms with E-state index in [1.165, 1.54) is 111 Å². The van der Waals surface area contributed by atoms with Gasteiger partial charge in [0.1, 0.15) is 0 Å². The van der Waals surface area contributed by atoms with Gasteiger partial charge in [-0.05, 0) is 127 Å². The van der Waals surface area contributed by atoms with Crippen LogP contribution in [0.25, 0.3) is 116 Å². The molecule has 2 heteroatoms. The number of aromatic nitrogens is 1. The summed E-state index contributed by atoms with van der Waals surface area (Å²) in [6.45, 7) is 0. The molecule has 0 fully saturated rings. The lowest BCUT2D eigenvalue weighted by atomic mass is 9.91. The van der Waals surface area contributed by atoms with Gasteiger partial charge in [0.05, 0.1) is 16.7 Å². The molecule has 12 aromatic rings. The molecule has 0 bridgehead atoms. The number of hydrogen-bond acceptors (Lipinski definition) is 1. The van der Waals surface area contributed by atoms with E-state index in [0.717, 1.165) is 16.9 Å². The van der Waals surface area contributed by atoms with E-state index in [1.807, 2.05) is 0 Å². The smallest absolute Gasteiger partial charge is 0.0619 e. The van der Waals surface area contributed by atoms with Gasteiger partial charge < -0.3 is 9.88 Å². The minimum absolute atomic E-state index is 1.05. The SMILES string of the molecule is c1ccc(-c2ccc3c(c2)-c2ccccc2-c2cccc4c5cc(-c6ccc(-c7ccc(Nc8ccc(-c9ccc%10ccccc%10c9)cc8)c(-c8ccccc8)c7)cc6)ccc5n-3c24)cc1. The van der Waals surface area contributed by atoms with Crippen molar-refractivity contribution in [1.29, 1.82) is 0 Å². The molecule has 0 unspecified atom stereocenters. The highest BCUT2D eigenvalue weighted by Crippen LogP contribution is 2.48.